The van der Waals surface area contributed by atoms with Crippen molar-refractivity contribution >= 4 is 5.97 Å². The third-order valence-electron chi connectivity index (χ3n) is 3.25. The summed E-state index contributed by atoms with van der Waals surface area (Å²) in [4.78, 5) is 19.5. The van der Waals surface area contributed by atoms with Crippen LogP contribution >= 0.6 is 0 Å². The lowest BCUT2D eigenvalue weighted by Crippen LogP contribution is -2.06. The fourth-order valence-corrected chi connectivity index (χ4v) is 2.03. The van der Waals surface area contributed by atoms with Crippen molar-refractivity contribution in [2.45, 2.75) is 18.8 Å². The minimum absolute atomic E-state index is 0.124. The highest BCUT2D eigenvalue weighted by molar-refractivity contribution is 5.89. The first-order chi connectivity index (χ1) is 9.56. The maximum Gasteiger partial charge on any atom is 0.339 e. The van der Waals surface area contributed by atoms with Crippen molar-refractivity contribution in [2.75, 3.05) is 0 Å². The molecule has 1 aromatic heterocycles. The summed E-state index contributed by atoms with van der Waals surface area (Å²) in [7, 11) is 0. The topological polar surface area (TPSA) is 104 Å². The monoisotopic (exact) mass is 272 g/mol. The molecule has 1 heterocycles. The van der Waals surface area contributed by atoms with Crippen LogP contribution in [0.1, 0.15) is 34.8 Å². The van der Waals surface area contributed by atoms with Gasteiger partial charge in [0.05, 0.1) is 11.3 Å². The first-order valence-electron chi connectivity index (χ1n) is 6.19. The van der Waals surface area contributed by atoms with Gasteiger partial charge in [-0.25, -0.2) is 14.8 Å². The highest BCUT2D eigenvalue weighted by Gasteiger charge is 2.30. The molecule has 6 heteroatoms. The number of aromatic hydroxyl groups is 2. The van der Waals surface area contributed by atoms with Crippen molar-refractivity contribution in [3.63, 3.8) is 0 Å². The summed E-state index contributed by atoms with van der Waals surface area (Å²) in [6, 6.07) is 4.26. The standard InChI is InChI=1S/C14H12N2O4/c17-10-4-3-8(5-11(10)18)13-15-6-9(14(19)20)12(16-13)7-1-2-7/h3-7,17-18H,1-2H2,(H,19,20). The summed E-state index contributed by atoms with van der Waals surface area (Å²) < 4.78 is 0. The van der Waals surface area contributed by atoms with Gasteiger partial charge in [0.25, 0.3) is 0 Å². The van der Waals surface area contributed by atoms with E-state index in [1.165, 1.54) is 18.3 Å². The second-order valence-corrected chi connectivity index (χ2v) is 4.78. The van der Waals surface area contributed by atoms with Crippen LogP contribution in [0.25, 0.3) is 11.4 Å². The Morgan fingerprint density at radius 3 is 2.55 bits per heavy atom. The van der Waals surface area contributed by atoms with Gasteiger partial charge < -0.3 is 15.3 Å². The largest absolute Gasteiger partial charge is 0.504 e. The summed E-state index contributed by atoms with van der Waals surface area (Å²) in [6.45, 7) is 0. The third kappa shape index (κ3) is 2.16. The molecule has 0 amide bonds. The number of carboxylic acid groups (broad SMARTS) is 1. The number of carboxylic acids is 1. The van der Waals surface area contributed by atoms with Gasteiger partial charge in [-0.05, 0) is 31.0 Å². The van der Waals surface area contributed by atoms with E-state index >= 15 is 0 Å². The maximum atomic E-state index is 11.1. The molecular formula is C14H12N2O4. The number of phenols is 2. The zero-order valence-electron chi connectivity index (χ0n) is 10.4. The van der Waals surface area contributed by atoms with E-state index in [1.807, 2.05) is 0 Å². The molecule has 1 fully saturated rings. The molecule has 0 radical (unpaired) electrons. The quantitative estimate of drug-likeness (QED) is 0.739. The number of carbonyl (C=O) groups is 1. The predicted octanol–water partition coefficient (Wildman–Crippen LogP) is 2.13. The van der Waals surface area contributed by atoms with Gasteiger partial charge in [-0.15, -0.1) is 0 Å². The van der Waals surface area contributed by atoms with Gasteiger partial charge in [0.2, 0.25) is 0 Å². The van der Waals surface area contributed by atoms with Gasteiger partial charge in [-0.2, -0.15) is 0 Å². The van der Waals surface area contributed by atoms with E-state index in [0.717, 1.165) is 12.8 Å². The molecule has 0 atom stereocenters. The lowest BCUT2D eigenvalue weighted by molar-refractivity contribution is 0.0694. The molecule has 0 bridgehead atoms. The zero-order valence-corrected chi connectivity index (χ0v) is 10.4. The molecule has 0 unspecified atom stereocenters. The average molecular weight is 272 g/mol. The summed E-state index contributed by atoms with van der Waals surface area (Å²) in [5.41, 5.74) is 1.19. The molecule has 1 saturated carbocycles. The zero-order chi connectivity index (χ0) is 14.3. The Balaban J connectivity index is 2.08. The fourth-order valence-electron chi connectivity index (χ4n) is 2.03. The van der Waals surface area contributed by atoms with Crippen LogP contribution < -0.4 is 0 Å². The molecular weight excluding hydrogens is 260 g/mol. The Labute approximate surface area is 114 Å². The number of nitrogens with zero attached hydrogens (tertiary/aromatic N) is 2. The van der Waals surface area contributed by atoms with Crippen molar-refractivity contribution in [3.05, 3.63) is 35.7 Å². The fraction of sp³-hybridized carbons (Fsp3) is 0.214. The Hall–Kier alpha value is -2.63. The van der Waals surface area contributed by atoms with Crippen LogP contribution in [-0.2, 0) is 0 Å². The highest BCUT2D eigenvalue weighted by Crippen LogP contribution is 2.41. The molecule has 102 valence electrons. The first kappa shape index (κ1) is 12.4. The molecule has 1 aliphatic carbocycles. The SMILES string of the molecule is O=C(O)c1cnc(-c2ccc(O)c(O)c2)nc1C1CC1. The molecule has 2 aromatic rings. The van der Waals surface area contributed by atoms with Crippen molar-refractivity contribution in [1.82, 2.24) is 9.97 Å². The number of aromatic carboxylic acids is 1. The van der Waals surface area contributed by atoms with Gasteiger partial charge in [0.1, 0.15) is 0 Å². The number of aromatic nitrogens is 2. The van der Waals surface area contributed by atoms with E-state index in [0.29, 0.717) is 17.1 Å². The van der Waals surface area contributed by atoms with Crippen LogP contribution in [0, 0.1) is 0 Å². The van der Waals surface area contributed by atoms with Gasteiger partial charge >= 0.3 is 5.97 Å². The summed E-state index contributed by atoms with van der Waals surface area (Å²) >= 11 is 0. The molecule has 20 heavy (non-hydrogen) atoms. The van der Waals surface area contributed by atoms with Crippen LogP contribution in [-0.4, -0.2) is 31.3 Å². The van der Waals surface area contributed by atoms with Crippen LogP contribution in [0.15, 0.2) is 24.4 Å². The summed E-state index contributed by atoms with van der Waals surface area (Å²) in [5, 5.41) is 27.9. The molecule has 1 aromatic carbocycles. The molecule has 0 saturated heterocycles. The lowest BCUT2D eigenvalue weighted by Gasteiger charge is -2.07. The van der Waals surface area contributed by atoms with Crippen molar-refractivity contribution in [1.29, 1.82) is 0 Å². The Kier molecular flexibility index (Phi) is 2.78. The highest BCUT2D eigenvalue weighted by atomic mass is 16.4. The molecule has 3 rings (SSSR count). The Morgan fingerprint density at radius 1 is 1.20 bits per heavy atom. The van der Waals surface area contributed by atoms with E-state index in [9.17, 15) is 15.0 Å². The van der Waals surface area contributed by atoms with Gasteiger partial charge in [0, 0.05) is 17.7 Å². The van der Waals surface area contributed by atoms with E-state index in [4.69, 9.17) is 5.11 Å². The number of hydrogen-bond acceptors (Lipinski definition) is 5. The lowest BCUT2D eigenvalue weighted by atomic mass is 10.1. The molecule has 3 N–H and O–H groups in total. The average Bonchev–Trinajstić information content (AvgIpc) is 3.25. The van der Waals surface area contributed by atoms with E-state index < -0.39 is 5.97 Å². The maximum absolute atomic E-state index is 11.1. The van der Waals surface area contributed by atoms with E-state index in [2.05, 4.69) is 9.97 Å². The van der Waals surface area contributed by atoms with E-state index in [1.54, 1.807) is 6.07 Å². The predicted molar refractivity (Wildman–Crippen MR) is 69.7 cm³/mol. The van der Waals surface area contributed by atoms with Gasteiger partial charge in [0.15, 0.2) is 17.3 Å². The number of rotatable bonds is 3. The third-order valence-corrected chi connectivity index (χ3v) is 3.25. The smallest absolute Gasteiger partial charge is 0.339 e. The van der Waals surface area contributed by atoms with Gasteiger partial charge in [-0.3, -0.25) is 0 Å². The Morgan fingerprint density at radius 2 is 1.95 bits per heavy atom. The second-order valence-electron chi connectivity index (χ2n) is 4.78. The number of hydrogen-bond donors (Lipinski definition) is 3. The first-order valence-corrected chi connectivity index (χ1v) is 6.19. The Bertz CT molecular complexity index is 696. The van der Waals surface area contributed by atoms with Crippen molar-refractivity contribution < 1.29 is 20.1 Å². The van der Waals surface area contributed by atoms with Crippen molar-refractivity contribution in [2.24, 2.45) is 0 Å². The minimum Gasteiger partial charge on any atom is -0.504 e. The van der Waals surface area contributed by atoms with E-state index in [-0.39, 0.29) is 23.0 Å². The summed E-state index contributed by atoms with van der Waals surface area (Å²) in [5.74, 6) is -1.01. The van der Waals surface area contributed by atoms with Crippen LogP contribution in [0.4, 0.5) is 0 Å². The number of phenolic OH excluding ortho intramolecular Hbond substituents is 2. The van der Waals surface area contributed by atoms with Crippen LogP contribution in [0.3, 0.4) is 0 Å². The molecule has 1 aliphatic rings. The molecule has 0 spiro atoms. The molecule has 0 aliphatic heterocycles. The van der Waals surface area contributed by atoms with Gasteiger partial charge in [-0.1, -0.05) is 0 Å². The van der Waals surface area contributed by atoms with Crippen LogP contribution in [0.2, 0.25) is 0 Å². The second kappa shape index (κ2) is 4.48. The minimum atomic E-state index is -1.04. The van der Waals surface area contributed by atoms with Crippen molar-refractivity contribution in [3.8, 4) is 22.9 Å². The summed E-state index contributed by atoms with van der Waals surface area (Å²) in [6.07, 6.45) is 3.15. The normalized spacial score (nSPS) is 14.2. The number of benzene rings is 1. The van der Waals surface area contributed by atoms with Crippen LogP contribution in [0.5, 0.6) is 11.5 Å². The molecule has 6 nitrogen and oxygen atoms in total.